The van der Waals surface area contributed by atoms with Crippen molar-refractivity contribution in [1.29, 1.82) is 0 Å². The van der Waals surface area contributed by atoms with Crippen LogP contribution in [0.4, 0.5) is 0 Å². The summed E-state index contributed by atoms with van der Waals surface area (Å²) in [6, 6.07) is 5.95. The van der Waals surface area contributed by atoms with Gasteiger partial charge in [0.05, 0.1) is 6.61 Å². The number of carbonyl (C=O) groups excluding carboxylic acids is 2. The summed E-state index contributed by atoms with van der Waals surface area (Å²) in [5, 5.41) is 2.43. The maximum Gasteiger partial charge on any atom is 0.257 e. The lowest BCUT2D eigenvalue weighted by atomic mass is 10.0. The smallest absolute Gasteiger partial charge is 0.257 e. The normalized spacial score (nSPS) is 11.8. The largest absolute Gasteiger partial charge is 0.301 e. The zero-order valence-electron chi connectivity index (χ0n) is 18.1. The van der Waals surface area contributed by atoms with Crippen LogP contribution in [-0.2, 0) is 9.63 Å². The number of terminal acetylenes is 1. The Labute approximate surface area is 175 Å². The predicted molar refractivity (Wildman–Crippen MR) is 117 cm³/mol. The van der Waals surface area contributed by atoms with Gasteiger partial charge in [-0.3, -0.25) is 14.9 Å². The number of amides is 2. The Hall–Kier alpha value is -2.16. The van der Waals surface area contributed by atoms with Crippen LogP contribution in [-0.4, -0.2) is 24.5 Å². The Kier molecular flexibility index (Phi) is 12.7. The summed E-state index contributed by atoms with van der Waals surface area (Å²) in [6.45, 7) is 6.58. The average molecular weight is 401 g/mol. The second-order valence-corrected chi connectivity index (χ2v) is 7.70. The highest BCUT2D eigenvalue weighted by Gasteiger charge is 2.24. The van der Waals surface area contributed by atoms with Gasteiger partial charge in [-0.15, -0.1) is 6.42 Å². The average Bonchev–Trinajstić information content (AvgIpc) is 2.71. The van der Waals surface area contributed by atoms with Gasteiger partial charge < -0.3 is 4.84 Å². The molecule has 0 saturated heterocycles. The number of carbonyl (C=O) groups is 2. The summed E-state index contributed by atoms with van der Waals surface area (Å²) in [6.07, 6.45) is 15.1. The molecule has 5 nitrogen and oxygen atoms in total. The fraction of sp³-hybridized carbons (Fsp3) is 0.583. The van der Waals surface area contributed by atoms with E-state index in [1.807, 2.05) is 13.8 Å². The molecule has 0 bridgehead atoms. The molecular weight excluding hydrogens is 364 g/mol. The molecule has 0 heterocycles. The minimum atomic E-state index is -0.599. The van der Waals surface area contributed by atoms with Gasteiger partial charge in [0.2, 0.25) is 5.91 Å². The summed E-state index contributed by atoms with van der Waals surface area (Å²) in [5.74, 6) is 1.62. The van der Waals surface area contributed by atoms with Crippen LogP contribution in [0.25, 0.3) is 0 Å². The third-order valence-electron chi connectivity index (χ3n) is 4.81. The molecule has 0 radical (unpaired) electrons. The molecule has 0 aliphatic carbocycles. The second kappa shape index (κ2) is 14.8. The van der Waals surface area contributed by atoms with E-state index < -0.39 is 17.9 Å². The molecule has 0 aliphatic rings. The quantitative estimate of drug-likeness (QED) is 0.272. The zero-order valence-corrected chi connectivity index (χ0v) is 18.1. The molecule has 0 aliphatic heterocycles. The van der Waals surface area contributed by atoms with Gasteiger partial charge in [-0.2, -0.15) is 5.48 Å². The number of nitrogens with one attached hydrogen (secondary N) is 2. The summed E-state index contributed by atoms with van der Waals surface area (Å²) in [4.78, 5) is 30.2. The van der Waals surface area contributed by atoms with Crippen molar-refractivity contribution in [3.63, 3.8) is 0 Å². The van der Waals surface area contributed by atoms with Crippen molar-refractivity contribution in [3.8, 4) is 12.3 Å². The Balaban J connectivity index is 2.31. The third kappa shape index (κ3) is 10.3. The Morgan fingerprint density at radius 3 is 2.14 bits per heavy atom. The van der Waals surface area contributed by atoms with Crippen molar-refractivity contribution in [2.75, 3.05) is 6.61 Å². The Morgan fingerprint density at radius 2 is 1.59 bits per heavy atom. The van der Waals surface area contributed by atoms with Crippen molar-refractivity contribution >= 4 is 11.8 Å². The highest BCUT2D eigenvalue weighted by molar-refractivity contribution is 6.06. The molecule has 2 amide bonds. The number of rotatable bonds is 14. The predicted octanol–water partition coefficient (Wildman–Crippen LogP) is 4.61. The number of hydrogen-bond acceptors (Lipinski definition) is 4. The molecule has 160 valence electrons. The molecule has 0 unspecified atom stereocenters. The fourth-order valence-electron chi connectivity index (χ4n) is 2.93. The molecule has 1 aromatic carbocycles. The first-order valence-corrected chi connectivity index (χ1v) is 10.8. The highest BCUT2D eigenvalue weighted by atomic mass is 16.6. The van der Waals surface area contributed by atoms with E-state index in [2.05, 4.69) is 23.6 Å². The molecule has 1 aromatic rings. The zero-order chi connectivity index (χ0) is 21.5. The number of benzene rings is 1. The first-order valence-electron chi connectivity index (χ1n) is 10.8. The molecular formula is C24H36N2O3. The van der Waals surface area contributed by atoms with Crippen LogP contribution >= 0.6 is 0 Å². The number of imide groups is 1. The van der Waals surface area contributed by atoms with E-state index in [-0.39, 0.29) is 5.92 Å². The summed E-state index contributed by atoms with van der Waals surface area (Å²) in [7, 11) is 0. The second-order valence-electron chi connectivity index (χ2n) is 7.70. The van der Waals surface area contributed by atoms with Crippen molar-refractivity contribution < 1.29 is 14.4 Å². The minimum absolute atomic E-state index is 0.0230. The van der Waals surface area contributed by atoms with E-state index in [1.165, 1.54) is 38.5 Å². The standard InChI is InChI=1S/C24H36N2O3/c1-5-7-8-9-10-11-12-13-18-29-26-22(19(3)4)24(28)25-23(27)21-16-14-20(6-2)15-17-21/h2,14-17,19,22,26H,5,7-13,18H2,1,3-4H3,(H,25,27,28)/t22-/m0/s1. The molecule has 0 saturated carbocycles. The van der Waals surface area contributed by atoms with Gasteiger partial charge in [-0.25, -0.2) is 0 Å². The van der Waals surface area contributed by atoms with E-state index in [1.54, 1.807) is 24.3 Å². The lowest BCUT2D eigenvalue weighted by molar-refractivity contribution is -0.128. The Morgan fingerprint density at radius 1 is 1.00 bits per heavy atom. The third-order valence-corrected chi connectivity index (χ3v) is 4.81. The van der Waals surface area contributed by atoms with Crippen molar-refractivity contribution in [1.82, 2.24) is 10.8 Å². The maximum absolute atomic E-state index is 12.5. The molecule has 2 N–H and O–H groups in total. The number of hydroxylamine groups is 1. The van der Waals surface area contributed by atoms with Crippen LogP contribution in [0.3, 0.4) is 0 Å². The van der Waals surface area contributed by atoms with E-state index in [0.29, 0.717) is 17.7 Å². The van der Waals surface area contributed by atoms with Crippen molar-refractivity contribution in [3.05, 3.63) is 35.4 Å². The van der Waals surface area contributed by atoms with Gasteiger partial charge in [0.15, 0.2) is 0 Å². The molecule has 0 aromatic heterocycles. The van der Waals surface area contributed by atoms with Gasteiger partial charge in [-0.1, -0.05) is 71.6 Å². The maximum atomic E-state index is 12.5. The first-order chi connectivity index (χ1) is 14.0. The Bertz CT molecular complexity index is 647. The van der Waals surface area contributed by atoms with Crippen LogP contribution in [0, 0.1) is 18.3 Å². The summed E-state index contributed by atoms with van der Waals surface area (Å²) in [5.41, 5.74) is 3.89. The van der Waals surface area contributed by atoms with Gasteiger partial charge in [0, 0.05) is 11.1 Å². The van der Waals surface area contributed by atoms with E-state index in [9.17, 15) is 9.59 Å². The van der Waals surface area contributed by atoms with Crippen molar-refractivity contribution in [2.45, 2.75) is 78.2 Å². The number of unbranched alkanes of at least 4 members (excludes halogenated alkanes) is 7. The van der Waals surface area contributed by atoms with Gasteiger partial charge in [-0.05, 0) is 36.6 Å². The minimum Gasteiger partial charge on any atom is -0.301 e. The molecule has 29 heavy (non-hydrogen) atoms. The van der Waals surface area contributed by atoms with Crippen LogP contribution in [0.1, 0.15) is 88.1 Å². The SMILES string of the molecule is C#Cc1ccc(C(=O)NC(=O)[C@@H](NOCCCCCCCCCC)C(C)C)cc1. The number of hydrogen-bond donors (Lipinski definition) is 2. The summed E-state index contributed by atoms with van der Waals surface area (Å²) >= 11 is 0. The lowest BCUT2D eigenvalue weighted by Gasteiger charge is -2.21. The van der Waals surface area contributed by atoms with E-state index in [4.69, 9.17) is 11.3 Å². The van der Waals surface area contributed by atoms with Gasteiger partial charge in [0.25, 0.3) is 5.91 Å². The fourth-order valence-corrected chi connectivity index (χ4v) is 2.93. The topological polar surface area (TPSA) is 67.4 Å². The monoisotopic (exact) mass is 400 g/mol. The molecule has 1 atom stereocenters. The molecule has 0 fully saturated rings. The van der Waals surface area contributed by atoms with E-state index >= 15 is 0 Å². The molecule has 0 spiro atoms. The highest BCUT2D eigenvalue weighted by Crippen LogP contribution is 2.09. The molecule has 1 rings (SSSR count). The molecule has 5 heteroatoms. The van der Waals surface area contributed by atoms with Crippen molar-refractivity contribution in [2.24, 2.45) is 5.92 Å². The van der Waals surface area contributed by atoms with Gasteiger partial charge in [0.1, 0.15) is 6.04 Å². The van der Waals surface area contributed by atoms with Gasteiger partial charge >= 0.3 is 0 Å². The summed E-state index contributed by atoms with van der Waals surface area (Å²) < 4.78 is 0. The first kappa shape index (κ1) is 24.9. The van der Waals surface area contributed by atoms with Crippen LogP contribution in [0.15, 0.2) is 24.3 Å². The van der Waals surface area contributed by atoms with Crippen LogP contribution < -0.4 is 10.8 Å². The van der Waals surface area contributed by atoms with Crippen LogP contribution in [0.2, 0.25) is 0 Å². The lowest BCUT2D eigenvalue weighted by Crippen LogP contribution is -2.49. The van der Waals surface area contributed by atoms with E-state index in [0.717, 1.165) is 12.8 Å². The van der Waals surface area contributed by atoms with Crippen LogP contribution in [0.5, 0.6) is 0 Å².